The summed E-state index contributed by atoms with van der Waals surface area (Å²) in [7, 11) is 1.44. The Morgan fingerprint density at radius 2 is 2.00 bits per heavy atom. The molecule has 2 aromatic rings. The summed E-state index contributed by atoms with van der Waals surface area (Å²) in [5, 5.41) is 11.5. The van der Waals surface area contributed by atoms with Gasteiger partial charge in [-0.1, -0.05) is 24.4 Å². The summed E-state index contributed by atoms with van der Waals surface area (Å²) in [6, 6.07) is 5.97. The van der Waals surface area contributed by atoms with Crippen LogP contribution in [-0.4, -0.2) is 34.8 Å². The number of hydrogen-bond acceptors (Lipinski definition) is 5. The number of aryl methyl sites for hydroxylation is 1. The van der Waals surface area contributed by atoms with E-state index in [4.69, 9.17) is 20.8 Å². The number of ketones is 1. The number of furan rings is 1. The SMILES string of the molecule is COc1c(Cl)cc(C)cc1/C(O)=C1/C(=O)C(=O)N(C2CCCC2)C1c1ccco1. The average molecular weight is 416 g/mol. The molecule has 1 saturated carbocycles. The number of aliphatic hydroxyl groups is 1. The number of benzene rings is 1. The molecule has 1 atom stereocenters. The fraction of sp³-hybridized carbons (Fsp3) is 0.364. The van der Waals surface area contributed by atoms with Crippen LogP contribution >= 0.6 is 11.6 Å². The smallest absolute Gasteiger partial charge is 0.296 e. The molecule has 1 aromatic carbocycles. The summed E-state index contributed by atoms with van der Waals surface area (Å²) in [5.41, 5.74) is 1.06. The summed E-state index contributed by atoms with van der Waals surface area (Å²) in [4.78, 5) is 27.6. The quantitative estimate of drug-likeness (QED) is 0.448. The number of hydrogen-bond donors (Lipinski definition) is 1. The summed E-state index contributed by atoms with van der Waals surface area (Å²) in [6.45, 7) is 1.82. The first kappa shape index (κ1) is 19.6. The fourth-order valence-electron chi connectivity index (χ4n) is 4.39. The van der Waals surface area contributed by atoms with Crippen molar-refractivity contribution in [3.05, 3.63) is 58.0 Å². The molecule has 2 aliphatic rings. The molecule has 2 heterocycles. The lowest BCUT2D eigenvalue weighted by Crippen LogP contribution is -2.37. The molecular weight excluding hydrogens is 394 g/mol. The van der Waals surface area contributed by atoms with E-state index in [-0.39, 0.29) is 28.7 Å². The zero-order valence-corrected chi connectivity index (χ0v) is 17.0. The van der Waals surface area contributed by atoms with Crippen molar-refractivity contribution in [1.29, 1.82) is 0 Å². The van der Waals surface area contributed by atoms with E-state index in [0.717, 1.165) is 31.2 Å². The molecule has 29 heavy (non-hydrogen) atoms. The average Bonchev–Trinajstić information content (AvgIpc) is 3.43. The minimum atomic E-state index is -0.780. The zero-order valence-electron chi connectivity index (χ0n) is 16.3. The first-order chi connectivity index (χ1) is 13.9. The number of nitrogens with zero attached hydrogens (tertiary/aromatic N) is 1. The summed E-state index contributed by atoms with van der Waals surface area (Å²) < 4.78 is 10.9. The Balaban J connectivity index is 1.93. The van der Waals surface area contributed by atoms with Crippen molar-refractivity contribution in [2.75, 3.05) is 7.11 Å². The van der Waals surface area contributed by atoms with Gasteiger partial charge in [0.1, 0.15) is 23.3 Å². The summed E-state index contributed by atoms with van der Waals surface area (Å²) in [5.74, 6) is -0.962. The number of Topliss-reactive ketones (excluding diaryl/α,β-unsaturated/α-hetero) is 1. The van der Waals surface area contributed by atoms with Crippen LogP contribution in [0, 0.1) is 6.92 Å². The number of likely N-dealkylation sites (tertiary alicyclic amines) is 1. The van der Waals surface area contributed by atoms with Crippen LogP contribution in [0.15, 0.2) is 40.5 Å². The number of amides is 1. The van der Waals surface area contributed by atoms with Crippen LogP contribution in [-0.2, 0) is 9.59 Å². The molecule has 1 aliphatic heterocycles. The highest BCUT2D eigenvalue weighted by atomic mass is 35.5. The Kier molecular flexibility index (Phi) is 5.13. The largest absolute Gasteiger partial charge is 0.507 e. The molecule has 1 aromatic heterocycles. The first-order valence-corrected chi connectivity index (χ1v) is 9.99. The van der Waals surface area contributed by atoms with Crippen LogP contribution < -0.4 is 4.74 Å². The molecule has 2 fully saturated rings. The van der Waals surface area contributed by atoms with Gasteiger partial charge in [0.2, 0.25) is 0 Å². The maximum absolute atomic E-state index is 13.0. The van der Waals surface area contributed by atoms with E-state index in [2.05, 4.69) is 0 Å². The van der Waals surface area contributed by atoms with Gasteiger partial charge >= 0.3 is 0 Å². The number of methoxy groups -OCH3 is 1. The van der Waals surface area contributed by atoms with Crippen LogP contribution in [0.25, 0.3) is 5.76 Å². The van der Waals surface area contributed by atoms with Crippen LogP contribution in [0.1, 0.15) is 48.6 Å². The van der Waals surface area contributed by atoms with Crippen LogP contribution in [0.4, 0.5) is 0 Å². The minimum Gasteiger partial charge on any atom is -0.507 e. The van der Waals surface area contributed by atoms with Gasteiger partial charge in [-0.2, -0.15) is 0 Å². The first-order valence-electron chi connectivity index (χ1n) is 9.62. The maximum Gasteiger partial charge on any atom is 0.296 e. The highest BCUT2D eigenvalue weighted by molar-refractivity contribution is 6.46. The summed E-state index contributed by atoms with van der Waals surface area (Å²) in [6.07, 6.45) is 5.14. The third-order valence-corrected chi connectivity index (χ3v) is 5.94. The highest BCUT2D eigenvalue weighted by Gasteiger charge is 2.50. The van der Waals surface area contributed by atoms with Crippen molar-refractivity contribution in [1.82, 2.24) is 4.90 Å². The lowest BCUT2D eigenvalue weighted by Gasteiger charge is -2.29. The maximum atomic E-state index is 13.0. The van der Waals surface area contributed by atoms with E-state index in [9.17, 15) is 14.7 Å². The molecule has 6 nitrogen and oxygen atoms in total. The molecule has 1 unspecified atom stereocenters. The number of aliphatic hydroxyl groups excluding tert-OH is 1. The lowest BCUT2D eigenvalue weighted by molar-refractivity contribution is -0.141. The molecule has 1 N–H and O–H groups in total. The molecular formula is C22H22ClNO5. The normalized spacial score (nSPS) is 21.9. The fourth-order valence-corrected chi connectivity index (χ4v) is 4.74. The Morgan fingerprint density at radius 3 is 2.62 bits per heavy atom. The number of halogens is 1. The highest BCUT2D eigenvalue weighted by Crippen LogP contribution is 2.45. The molecule has 7 heteroatoms. The van der Waals surface area contributed by atoms with Crippen LogP contribution in [0.5, 0.6) is 5.75 Å². The predicted octanol–water partition coefficient (Wildman–Crippen LogP) is 4.61. The van der Waals surface area contributed by atoms with Crippen LogP contribution in [0.2, 0.25) is 5.02 Å². The van der Waals surface area contributed by atoms with Gasteiger partial charge in [0.25, 0.3) is 11.7 Å². The summed E-state index contributed by atoms with van der Waals surface area (Å²) >= 11 is 6.28. The lowest BCUT2D eigenvalue weighted by atomic mass is 9.97. The molecule has 1 saturated heterocycles. The second kappa shape index (κ2) is 7.59. The van der Waals surface area contributed by atoms with E-state index < -0.39 is 17.7 Å². The second-order valence-corrected chi connectivity index (χ2v) is 7.89. The zero-order chi connectivity index (χ0) is 20.7. The third kappa shape index (κ3) is 3.21. The molecule has 152 valence electrons. The third-order valence-electron chi connectivity index (χ3n) is 5.66. The molecule has 0 spiro atoms. The predicted molar refractivity (Wildman–Crippen MR) is 108 cm³/mol. The van der Waals surface area contributed by atoms with E-state index in [1.807, 2.05) is 6.92 Å². The monoisotopic (exact) mass is 415 g/mol. The van der Waals surface area contributed by atoms with Crippen molar-refractivity contribution in [3.8, 4) is 5.75 Å². The van der Waals surface area contributed by atoms with Gasteiger partial charge in [0.15, 0.2) is 0 Å². The topological polar surface area (TPSA) is 80.0 Å². The Labute approximate surface area is 173 Å². The van der Waals surface area contributed by atoms with Gasteiger partial charge < -0.3 is 19.2 Å². The van der Waals surface area contributed by atoms with Gasteiger partial charge in [-0.15, -0.1) is 0 Å². The van der Waals surface area contributed by atoms with E-state index >= 15 is 0 Å². The Bertz CT molecular complexity index is 989. The molecule has 0 radical (unpaired) electrons. The van der Waals surface area contributed by atoms with Crippen molar-refractivity contribution in [2.24, 2.45) is 0 Å². The van der Waals surface area contributed by atoms with Gasteiger partial charge in [0.05, 0.1) is 29.5 Å². The molecule has 1 amide bonds. The number of carbonyl (C=O) groups excluding carboxylic acids is 2. The number of carbonyl (C=O) groups is 2. The van der Waals surface area contributed by atoms with Crippen molar-refractivity contribution in [2.45, 2.75) is 44.7 Å². The molecule has 0 bridgehead atoms. The Hall–Kier alpha value is -2.73. The van der Waals surface area contributed by atoms with E-state index in [0.29, 0.717) is 10.8 Å². The van der Waals surface area contributed by atoms with Gasteiger partial charge in [-0.05, 0) is 49.6 Å². The van der Waals surface area contributed by atoms with Gasteiger partial charge in [0, 0.05) is 6.04 Å². The Morgan fingerprint density at radius 1 is 1.28 bits per heavy atom. The second-order valence-electron chi connectivity index (χ2n) is 7.49. The van der Waals surface area contributed by atoms with E-state index in [1.54, 1.807) is 29.2 Å². The molecule has 4 rings (SSSR count). The number of rotatable bonds is 4. The van der Waals surface area contributed by atoms with Gasteiger partial charge in [-0.25, -0.2) is 0 Å². The van der Waals surface area contributed by atoms with Gasteiger partial charge in [-0.3, -0.25) is 9.59 Å². The standard InChI is InChI=1S/C22H22ClNO5/c1-12-10-14(21(28-2)15(23)11-12)19(25)17-18(16-8-5-9-29-16)24(22(27)20(17)26)13-6-3-4-7-13/h5,8-11,13,18,25H,3-4,6-7H2,1-2H3/b19-17-. The minimum absolute atomic E-state index is 0.00295. The van der Waals surface area contributed by atoms with Crippen molar-refractivity contribution < 1.29 is 23.8 Å². The number of ether oxygens (including phenoxy) is 1. The van der Waals surface area contributed by atoms with Crippen molar-refractivity contribution >= 4 is 29.1 Å². The van der Waals surface area contributed by atoms with E-state index in [1.165, 1.54) is 13.4 Å². The van der Waals surface area contributed by atoms with Crippen LogP contribution in [0.3, 0.4) is 0 Å². The van der Waals surface area contributed by atoms with Crippen molar-refractivity contribution in [3.63, 3.8) is 0 Å². The molecule has 1 aliphatic carbocycles.